The molecular formula is C31H33ClN4O. The number of rotatable bonds is 8. The van der Waals surface area contributed by atoms with Crippen LogP contribution in [0.5, 0.6) is 0 Å². The van der Waals surface area contributed by atoms with Gasteiger partial charge in [0.25, 0.3) is 5.91 Å². The van der Waals surface area contributed by atoms with Crippen LogP contribution in [0.3, 0.4) is 0 Å². The first-order valence-corrected chi connectivity index (χ1v) is 13.3. The first-order chi connectivity index (χ1) is 18.0. The van der Waals surface area contributed by atoms with Gasteiger partial charge in [0, 0.05) is 35.4 Å². The van der Waals surface area contributed by atoms with Gasteiger partial charge in [-0.25, -0.2) is 4.98 Å². The average Bonchev–Trinajstić information content (AvgIpc) is 3.58. The second-order valence-electron chi connectivity index (χ2n) is 10.1. The van der Waals surface area contributed by atoms with Crippen LogP contribution < -0.4 is 10.6 Å². The van der Waals surface area contributed by atoms with Crippen molar-refractivity contribution in [3.05, 3.63) is 113 Å². The summed E-state index contributed by atoms with van der Waals surface area (Å²) in [6, 6.07) is 25.8. The van der Waals surface area contributed by atoms with Crippen LogP contribution in [0.15, 0.2) is 85.1 Å². The molecule has 1 aliphatic rings. The number of carbonyl (C=O) groups excluding carboxylic acids is 1. The predicted octanol–water partition coefficient (Wildman–Crippen LogP) is 6.46. The highest BCUT2D eigenvalue weighted by Crippen LogP contribution is 2.30. The van der Waals surface area contributed by atoms with Gasteiger partial charge in [-0.2, -0.15) is 0 Å². The van der Waals surface area contributed by atoms with E-state index in [1.165, 1.54) is 5.56 Å². The van der Waals surface area contributed by atoms with Gasteiger partial charge in [0.15, 0.2) is 0 Å². The summed E-state index contributed by atoms with van der Waals surface area (Å²) in [6.45, 7) is 6.80. The fraction of sp³-hybridized carbons (Fsp3) is 0.290. The van der Waals surface area contributed by atoms with Crippen LogP contribution in [0.25, 0.3) is 11.3 Å². The standard InChI is InChI=1S/C31H33ClN4O/c1-21(2)29(35-31(37)27-14-7-6-13-26(27)24-15-16-33-18-24)30-34-28(23-11-8-12-25(32)17-23)20-36(30)19-22-9-4-3-5-10-22/h3-14,17,20-21,24,29,33H,15-16,18-19H2,1-2H3,(H,35,37)/t24?,29-/m1/s1. The maximum Gasteiger partial charge on any atom is 0.252 e. The summed E-state index contributed by atoms with van der Waals surface area (Å²) in [5.74, 6) is 1.27. The molecule has 2 N–H and O–H groups in total. The average molecular weight is 513 g/mol. The maximum atomic E-state index is 13.7. The smallest absolute Gasteiger partial charge is 0.252 e. The van der Waals surface area contributed by atoms with Crippen molar-refractivity contribution in [1.82, 2.24) is 20.2 Å². The number of carbonyl (C=O) groups is 1. The van der Waals surface area contributed by atoms with Gasteiger partial charge in [-0.3, -0.25) is 4.79 Å². The molecule has 1 amide bonds. The number of halogens is 1. The van der Waals surface area contributed by atoms with Gasteiger partial charge in [0.05, 0.1) is 11.7 Å². The van der Waals surface area contributed by atoms with Gasteiger partial charge in [-0.1, -0.05) is 86.1 Å². The number of hydrogen-bond donors (Lipinski definition) is 2. The highest BCUT2D eigenvalue weighted by Gasteiger charge is 2.28. The third-order valence-corrected chi connectivity index (χ3v) is 7.30. The van der Waals surface area contributed by atoms with Crippen LogP contribution in [0.1, 0.15) is 59.5 Å². The summed E-state index contributed by atoms with van der Waals surface area (Å²) in [5, 5.41) is 7.44. The Labute approximate surface area is 223 Å². The highest BCUT2D eigenvalue weighted by atomic mass is 35.5. The van der Waals surface area contributed by atoms with E-state index in [0.717, 1.165) is 47.7 Å². The Hall–Kier alpha value is -3.41. The van der Waals surface area contributed by atoms with Crippen LogP contribution in [0, 0.1) is 5.92 Å². The van der Waals surface area contributed by atoms with E-state index in [0.29, 0.717) is 17.5 Å². The third kappa shape index (κ3) is 5.79. The lowest BCUT2D eigenvalue weighted by molar-refractivity contribution is 0.0921. The molecule has 3 aromatic carbocycles. The molecule has 1 fully saturated rings. The SMILES string of the molecule is CC(C)[C@@H](NC(=O)c1ccccc1C1CCNC1)c1nc(-c2cccc(Cl)c2)cn1Cc1ccccc1. The molecule has 0 saturated carbocycles. The minimum Gasteiger partial charge on any atom is -0.342 e. The maximum absolute atomic E-state index is 13.7. The lowest BCUT2D eigenvalue weighted by atomic mass is 9.92. The van der Waals surface area contributed by atoms with Crippen LogP contribution in [-0.2, 0) is 6.54 Å². The number of nitrogens with zero attached hydrogens (tertiary/aromatic N) is 2. The Bertz CT molecular complexity index is 1360. The Balaban J connectivity index is 1.51. The van der Waals surface area contributed by atoms with E-state index in [1.807, 2.05) is 60.7 Å². The molecule has 1 saturated heterocycles. The number of hydrogen-bond acceptors (Lipinski definition) is 3. The lowest BCUT2D eigenvalue weighted by Gasteiger charge is -2.24. The minimum absolute atomic E-state index is 0.0558. The fourth-order valence-electron chi connectivity index (χ4n) is 5.10. The van der Waals surface area contributed by atoms with E-state index in [-0.39, 0.29) is 17.9 Å². The van der Waals surface area contributed by atoms with Crippen molar-refractivity contribution in [3.8, 4) is 11.3 Å². The summed E-state index contributed by atoms with van der Waals surface area (Å²) < 4.78 is 2.16. The van der Waals surface area contributed by atoms with E-state index >= 15 is 0 Å². The molecule has 0 spiro atoms. The molecule has 0 radical (unpaired) electrons. The van der Waals surface area contributed by atoms with Gasteiger partial charge in [-0.15, -0.1) is 0 Å². The van der Waals surface area contributed by atoms with Gasteiger partial charge in [-0.05, 0) is 54.1 Å². The number of imidazole rings is 1. The lowest BCUT2D eigenvalue weighted by Crippen LogP contribution is -2.34. The molecule has 37 heavy (non-hydrogen) atoms. The van der Waals surface area contributed by atoms with Crippen molar-refractivity contribution in [2.24, 2.45) is 5.92 Å². The van der Waals surface area contributed by atoms with Crippen molar-refractivity contribution in [1.29, 1.82) is 0 Å². The van der Waals surface area contributed by atoms with Crippen molar-refractivity contribution in [3.63, 3.8) is 0 Å². The zero-order valence-corrected chi connectivity index (χ0v) is 22.1. The molecule has 0 bridgehead atoms. The molecule has 2 atom stereocenters. The zero-order chi connectivity index (χ0) is 25.8. The Morgan fingerprint density at radius 3 is 2.59 bits per heavy atom. The van der Waals surface area contributed by atoms with E-state index in [9.17, 15) is 4.79 Å². The largest absolute Gasteiger partial charge is 0.342 e. The number of nitrogens with one attached hydrogen (secondary N) is 2. The van der Waals surface area contributed by atoms with Gasteiger partial charge < -0.3 is 15.2 Å². The molecule has 190 valence electrons. The normalized spacial score (nSPS) is 16.2. The first-order valence-electron chi connectivity index (χ1n) is 13.0. The van der Waals surface area contributed by atoms with Crippen molar-refractivity contribution >= 4 is 17.5 Å². The molecule has 0 aliphatic carbocycles. The van der Waals surface area contributed by atoms with Crippen molar-refractivity contribution in [2.45, 2.75) is 38.8 Å². The third-order valence-electron chi connectivity index (χ3n) is 7.06. The van der Waals surface area contributed by atoms with E-state index in [4.69, 9.17) is 16.6 Å². The van der Waals surface area contributed by atoms with Crippen LogP contribution in [0.2, 0.25) is 5.02 Å². The number of benzene rings is 3. The van der Waals surface area contributed by atoms with Crippen LogP contribution in [0.4, 0.5) is 0 Å². The summed E-state index contributed by atoms with van der Waals surface area (Å²) in [5.41, 5.74) is 4.82. The van der Waals surface area contributed by atoms with Gasteiger partial charge >= 0.3 is 0 Å². The second kappa shape index (κ2) is 11.3. The van der Waals surface area contributed by atoms with Crippen LogP contribution in [-0.4, -0.2) is 28.5 Å². The summed E-state index contributed by atoms with van der Waals surface area (Å²) in [7, 11) is 0. The molecule has 2 heterocycles. The number of aromatic nitrogens is 2. The Morgan fingerprint density at radius 2 is 1.86 bits per heavy atom. The van der Waals surface area contributed by atoms with E-state index in [2.05, 4.69) is 53.4 Å². The highest BCUT2D eigenvalue weighted by molar-refractivity contribution is 6.30. The fourth-order valence-corrected chi connectivity index (χ4v) is 5.29. The summed E-state index contributed by atoms with van der Waals surface area (Å²) in [6.07, 6.45) is 3.11. The Kier molecular flexibility index (Phi) is 7.73. The predicted molar refractivity (Wildman–Crippen MR) is 150 cm³/mol. The van der Waals surface area contributed by atoms with Gasteiger partial charge in [0.1, 0.15) is 5.82 Å². The monoisotopic (exact) mass is 512 g/mol. The zero-order valence-electron chi connectivity index (χ0n) is 21.3. The van der Waals surface area contributed by atoms with Gasteiger partial charge in [0.2, 0.25) is 0 Å². The molecule has 1 aliphatic heterocycles. The second-order valence-corrected chi connectivity index (χ2v) is 10.5. The summed E-state index contributed by atoms with van der Waals surface area (Å²) in [4.78, 5) is 18.8. The van der Waals surface area contributed by atoms with Crippen molar-refractivity contribution < 1.29 is 4.79 Å². The summed E-state index contributed by atoms with van der Waals surface area (Å²) >= 11 is 6.29. The van der Waals surface area contributed by atoms with Crippen molar-refractivity contribution in [2.75, 3.05) is 13.1 Å². The topological polar surface area (TPSA) is 59.0 Å². The van der Waals surface area contributed by atoms with Crippen LogP contribution >= 0.6 is 11.6 Å². The molecular weight excluding hydrogens is 480 g/mol. The Morgan fingerprint density at radius 1 is 1.08 bits per heavy atom. The molecule has 6 heteroatoms. The molecule has 4 aromatic rings. The first kappa shape index (κ1) is 25.2. The molecule has 1 unspecified atom stereocenters. The van der Waals surface area contributed by atoms with E-state index in [1.54, 1.807) is 0 Å². The van der Waals surface area contributed by atoms with E-state index < -0.39 is 0 Å². The molecule has 5 nitrogen and oxygen atoms in total. The number of amides is 1. The quantitative estimate of drug-likeness (QED) is 0.285. The minimum atomic E-state index is -0.265. The molecule has 1 aromatic heterocycles. The molecule has 5 rings (SSSR count).